The maximum absolute atomic E-state index is 11.7. The third-order valence-corrected chi connectivity index (χ3v) is 8.29. The van der Waals surface area contributed by atoms with Crippen LogP contribution in [0.5, 0.6) is 5.75 Å². The molecule has 0 amide bonds. The predicted molar refractivity (Wildman–Crippen MR) is 139 cm³/mol. The number of ether oxygens (including phenoxy) is 2. The normalized spacial score (nSPS) is 22.6. The maximum Gasteiger partial charge on any atom is 0.305 e. The SMILES string of the molecule is COC(=O)CC1CCN(Cc2c(O[C@H]3CC[C@H](C(C)(C)C)CC3)cc(C)c3ccccc23)CC1. The van der Waals surface area contributed by atoms with Gasteiger partial charge in [-0.05, 0) is 98.2 Å². The van der Waals surface area contributed by atoms with E-state index in [1.807, 2.05) is 0 Å². The second kappa shape index (κ2) is 10.7. The number of hydrogen-bond donors (Lipinski definition) is 0. The van der Waals surface area contributed by atoms with Crippen LogP contribution < -0.4 is 4.74 Å². The van der Waals surface area contributed by atoms with E-state index in [-0.39, 0.29) is 5.97 Å². The zero-order valence-electron chi connectivity index (χ0n) is 21.9. The molecule has 0 bridgehead atoms. The molecular weight excluding hydrogens is 422 g/mol. The first-order valence-corrected chi connectivity index (χ1v) is 13.2. The van der Waals surface area contributed by atoms with Gasteiger partial charge in [0.1, 0.15) is 5.75 Å². The molecule has 0 N–H and O–H groups in total. The molecule has 186 valence electrons. The van der Waals surface area contributed by atoms with Crippen molar-refractivity contribution < 1.29 is 14.3 Å². The first kappa shape index (κ1) is 25.0. The molecule has 0 radical (unpaired) electrons. The molecule has 4 heteroatoms. The third kappa shape index (κ3) is 5.94. The Balaban J connectivity index is 1.50. The fourth-order valence-corrected chi connectivity index (χ4v) is 5.97. The average molecular weight is 466 g/mol. The van der Waals surface area contributed by atoms with Crippen LogP contribution in [0.25, 0.3) is 10.8 Å². The Kier molecular flexibility index (Phi) is 7.87. The van der Waals surface area contributed by atoms with Crippen molar-refractivity contribution in [3.63, 3.8) is 0 Å². The van der Waals surface area contributed by atoms with Crippen molar-refractivity contribution in [2.24, 2.45) is 17.3 Å². The highest BCUT2D eigenvalue weighted by Gasteiger charge is 2.31. The number of nitrogens with zero attached hydrogens (tertiary/aromatic N) is 1. The lowest BCUT2D eigenvalue weighted by atomic mass is 9.72. The Bertz CT molecular complexity index is 976. The number of methoxy groups -OCH3 is 1. The van der Waals surface area contributed by atoms with E-state index in [4.69, 9.17) is 9.47 Å². The van der Waals surface area contributed by atoms with E-state index >= 15 is 0 Å². The Labute approximate surface area is 206 Å². The lowest BCUT2D eigenvalue weighted by Gasteiger charge is -2.37. The van der Waals surface area contributed by atoms with Gasteiger partial charge in [-0.25, -0.2) is 0 Å². The van der Waals surface area contributed by atoms with Crippen LogP contribution in [0.1, 0.15) is 76.8 Å². The monoisotopic (exact) mass is 465 g/mol. The number of fused-ring (bicyclic) bond motifs is 1. The molecule has 1 saturated carbocycles. The van der Waals surface area contributed by atoms with Gasteiger partial charge in [-0.2, -0.15) is 0 Å². The second-order valence-electron chi connectivity index (χ2n) is 11.7. The number of carbonyl (C=O) groups excluding carboxylic acids is 1. The fourth-order valence-electron chi connectivity index (χ4n) is 5.97. The molecule has 2 aliphatic rings. The van der Waals surface area contributed by atoms with Gasteiger partial charge in [0, 0.05) is 18.5 Å². The van der Waals surface area contributed by atoms with Crippen molar-refractivity contribution in [3.05, 3.63) is 41.5 Å². The van der Waals surface area contributed by atoms with Crippen LogP contribution in [-0.2, 0) is 16.1 Å². The largest absolute Gasteiger partial charge is 0.490 e. The summed E-state index contributed by atoms with van der Waals surface area (Å²) in [5.74, 6) is 2.22. The molecule has 1 heterocycles. The van der Waals surface area contributed by atoms with E-state index < -0.39 is 0 Å². The minimum atomic E-state index is -0.0835. The van der Waals surface area contributed by atoms with Crippen molar-refractivity contribution in [2.45, 2.75) is 85.3 Å². The molecule has 2 aromatic carbocycles. The van der Waals surface area contributed by atoms with Crippen LogP contribution in [0, 0.1) is 24.2 Å². The number of carbonyl (C=O) groups is 1. The van der Waals surface area contributed by atoms with Crippen LogP contribution in [0.15, 0.2) is 30.3 Å². The summed E-state index contributed by atoms with van der Waals surface area (Å²) in [6, 6.07) is 11.0. The summed E-state index contributed by atoms with van der Waals surface area (Å²) in [4.78, 5) is 14.2. The Morgan fingerprint density at radius 2 is 1.65 bits per heavy atom. The minimum Gasteiger partial charge on any atom is -0.490 e. The van der Waals surface area contributed by atoms with Crippen molar-refractivity contribution in [1.29, 1.82) is 0 Å². The Morgan fingerprint density at radius 3 is 2.26 bits per heavy atom. The summed E-state index contributed by atoms with van der Waals surface area (Å²) < 4.78 is 11.7. The molecular formula is C30H43NO3. The van der Waals surface area contributed by atoms with E-state index in [1.54, 1.807) is 0 Å². The van der Waals surface area contributed by atoms with E-state index in [1.165, 1.54) is 41.9 Å². The highest BCUT2D eigenvalue weighted by Crippen LogP contribution is 2.40. The van der Waals surface area contributed by atoms with Gasteiger partial charge < -0.3 is 9.47 Å². The number of benzene rings is 2. The number of esters is 1. The zero-order valence-corrected chi connectivity index (χ0v) is 21.9. The summed E-state index contributed by atoms with van der Waals surface area (Å²) >= 11 is 0. The highest BCUT2D eigenvalue weighted by molar-refractivity contribution is 5.90. The molecule has 1 aliphatic heterocycles. The molecule has 1 aliphatic carbocycles. The number of piperidine rings is 1. The van der Waals surface area contributed by atoms with Gasteiger partial charge in [0.15, 0.2) is 0 Å². The molecule has 4 rings (SSSR count). The lowest BCUT2D eigenvalue weighted by Crippen LogP contribution is -2.34. The summed E-state index contributed by atoms with van der Waals surface area (Å²) in [7, 11) is 1.48. The molecule has 1 saturated heterocycles. The molecule has 4 nitrogen and oxygen atoms in total. The standard InChI is InChI=1S/C30H43NO3/c1-21-18-28(34-24-12-10-23(11-13-24)30(2,3)4)27(26-9-7-6-8-25(21)26)20-31-16-14-22(15-17-31)19-29(32)33-5/h6-9,18,22-24H,10-17,19-20H2,1-5H3/t23-,24-. The molecule has 0 unspecified atom stereocenters. The first-order chi connectivity index (χ1) is 16.2. The lowest BCUT2D eigenvalue weighted by molar-refractivity contribution is -0.142. The molecule has 2 aromatic rings. The van der Waals surface area contributed by atoms with Gasteiger partial charge in [-0.15, -0.1) is 0 Å². The van der Waals surface area contributed by atoms with E-state index in [0.29, 0.717) is 23.9 Å². The molecule has 0 spiro atoms. The van der Waals surface area contributed by atoms with E-state index in [9.17, 15) is 4.79 Å². The quantitative estimate of drug-likeness (QED) is 0.435. The zero-order chi connectivity index (χ0) is 24.3. The number of rotatable bonds is 6. The van der Waals surface area contributed by atoms with Gasteiger partial charge in [0.25, 0.3) is 0 Å². The van der Waals surface area contributed by atoms with Crippen molar-refractivity contribution in [2.75, 3.05) is 20.2 Å². The van der Waals surface area contributed by atoms with Crippen LogP contribution in [0.2, 0.25) is 0 Å². The Hall–Kier alpha value is -2.07. The van der Waals surface area contributed by atoms with Crippen LogP contribution in [0.4, 0.5) is 0 Å². The number of aryl methyl sites for hydroxylation is 1. The van der Waals surface area contributed by atoms with Crippen LogP contribution in [-0.4, -0.2) is 37.2 Å². The predicted octanol–water partition coefficient (Wildman–Crippen LogP) is 6.91. The van der Waals surface area contributed by atoms with Gasteiger partial charge in [0.2, 0.25) is 0 Å². The van der Waals surface area contributed by atoms with Crippen LogP contribution in [0.3, 0.4) is 0 Å². The first-order valence-electron chi connectivity index (χ1n) is 13.2. The summed E-state index contributed by atoms with van der Waals surface area (Å²) in [5.41, 5.74) is 3.00. The third-order valence-electron chi connectivity index (χ3n) is 8.29. The fraction of sp³-hybridized carbons (Fsp3) is 0.633. The van der Waals surface area contributed by atoms with E-state index in [2.05, 4.69) is 62.9 Å². The van der Waals surface area contributed by atoms with Gasteiger partial charge in [-0.1, -0.05) is 45.0 Å². The Morgan fingerprint density at radius 1 is 1.00 bits per heavy atom. The topological polar surface area (TPSA) is 38.8 Å². The molecule has 0 atom stereocenters. The van der Waals surface area contributed by atoms with Crippen molar-refractivity contribution in [1.82, 2.24) is 4.90 Å². The average Bonchev–Trinajstić information content (AvgIpc) is 2.82. The van der Waals surface area contributed by atoms with Crippen LogP contribution >= 0.6 is 0 Å². The maximum atomic E-state index is 11.7. The number of likely N-dealkylation sites (tertiary alicyclic amines) is 1. The van der Waals surface area contributed by atoms with Crippen molar-refractivity contribution in [3.8, 4) is 5.75 Å². The molecule has 2 fully saturated rings. The highest BCUT2D eigenvalue weighted by atomic mass is 16.5. The van der Waals surface area contributed by atoms with Gasteiger partial charge in [-0.3, -0.25) is 9.69 Å². The molecule has 34 heavy (non-hydrogen) atoms. The minimum absolute atomic E-state index is 0.0835. The van der Waals surface area contributed by atoms with Gasteiger partial charge in [0.05, 0.1) is 13.2 Å². The number of hydrogen-bond acceptors (Lipinski definition) is 4. The van der Waals surface area contributed by atoms with Crippen molar-refractivity contribution >= 4 is 16.7 Å². The van der Waals surface area contributed by atoms with Gasteiger partial charge >= 0.3 is 5.97 Å². The summed E-state index contributed by atoms with van der Waals surface area (Å²) in [6.07, 6.45) is 7.75. The smallest absolute Gasteiger partial charge is 0.305 e. The van der Waals surface area contributed by atoms with E-state index in [0.717, 1.165) is 57.0 Å². The second-order valence-corrected chi connectivity index (χ2v) is 11.7. The molecule has 0 aromatic heterocycles. The summed E-state index contributed by atoms with van der Waals surface area (Å²) in [6.45, 7) is 12.3. The summed E-state index contributed by atoms with van der Waals surface area (Å²) in [5, 5.41) is 2.64.